The first-order chi connectivity index (χ1) is 15.5. The van der Waals surface area contributed by atoms with Crippen molar-refractivity contribution in [1.29, 1.82) is 0 Å². The highest BCUT2D eigenvalue weighted by Gasteiger charge is 2.52. The highest BCUT2D eigenvalue weighted by atomic mass is 16.4. The molecule has 2 aliphatic carbocycles. The molecule has 0 aromatic carbocycles. The highest BCUT2D eigenvalue weighted by Crippen LogP contribution is 2.58. The van der Waals surface area contributed by atoms with Gasteiger partial charge >= 0.3 is 0 Å². The van der Waals surface area contributed by atoms with Crippen LogP contribution in [0, 0.1) is 6.92 Å². The Hall–Kier alpha value is -3.23. The fourth-order valence-corrected chi connectivity index (χ4v) is 4.87. The number of aryl methyl sites for hydroxylation is 1. The van der Waals surface area contributed by atoms with E-state index in [1.54, 1.807) is 4.68 Å². The third-order valence-corrected chi connectivity index (χ3v) is 6.72. The Kier molecular flexibility index (Phi) is 4.34. The van der Waals surface area contributed by atoms with Crippen molar-refractivity contribution in [2.24, 2.45) is 7.05 Å². The third-order valence-electron chi connectivity index (χ3n) is 6.72. The van der Waals surface area contributed by atoms with Crippen LogP contribution in [0.3, 0.4) is 0 Å². The molecule has 8 heteroatoms. The molecule has 164 valence electrons. The number of fused-ring (bicyclic) bond motifs is 4. The zero-order valence-electron chi connectivity index (χ0n) is 18.2. The van der Waals surface area contributed by atoms with Crippen molar-refractivity contribution in [3.63, 3.8) is 0 Å². The van der Waals surface area contributed by atoms with Gasteiger partial charge in [0.1, 0.15) is 5.76 Å². The standard InChI is InChI=1S/C24H26N6O2/c1-15-20-19(32-22(15)23(31)26-12-16-6-10-29(2)27-16)11-24(7-8-24)18-14-30(28-21(18)20)13-17-5-3-4-9-25-17/h3-6,9-10,14,23,26,31H,7-8,11-13H2,1-2H3. The molecule has 1 unspecified atom stereocenters. The number of hydrogen-bond acceptors (Lipinski definition) is 6. The number of hydrogen-bond donors (Lipinski definition) is 2. The number of pyridine rings is 1. The van der Waals surface area contributed by atoms with Crippen LogP contribution in [0.15, 0.2) is 47.3 Å². The molecule has 4 aromatic rings. The second-order valence-corrected chi connectivity index (χ2v) is 9.02. The molecule has 32 heavy (non-hydrogen) atoms. The van der Waals surface area contributed by atoms with E-state index in [0.29, 0.717) is 18.8 Å². The minimum atomic E-state index is -0.906. The lowest BCUT2D eigenvalue weighted by molar-refractivity contribution is 0.109. The minimum Gasteiger partial charge on any atom is -0.461 e. The fraction of sp³-hybridized carbons (Fsp3) is 0.375. The van der Waals surface area contributed by atoms with Gasteiger partial charge in [-0.3, -0.25) is 19.7 Å². The zero-order valence-corrected chi connectivity index (χ0v) is 18.2. The molecule has 1 spiro atoms. The summed E-state index contributed by atoms with van der Waals surface area (Å²) in [5.74, 6) is 1.50. The van der Waals surface area contributed by atoms with Gasteiger partial charge in [-0.05, 0) is 38.0 Å². The van der Waals surface area contributed by atoms with Crippen LogP contribution in [0.25, 0.3) is 11.3 Å². The number of aliphatic hydroxyl groups is 1. The van der Waals surface area contributed by atoms with Gasteiger partial charge in [0.2, 0.25) is 0 Å². The van der Waals surface area contributed by atoms with Gasteiger partial charge in [0.05, 0.1) is 23.6 Å². The van der Waals surface area contributed by atoms with Crippen LogP contribution in [-0.4, -0.2) is 29.7 Å². The van der Waals surface area contributed by atoms with Crippen molar-refractivity contribution < 1.29 is 9.52 Å². The van der Waals surface area contributed by atoms with E-state index in [2.05, 4.69) is 21.6 Å². The molecule has 8 nitrogen and oxygen atoms in total. The quantitative estimate of drug-likeness (QED) is 0.457. The van der Waals surface area contributed by atoms with Crippen molar-refractivity contribution in [3.05, 3.63) is 76.9 Å². The maximum atomic E-state index is 10.8. The number of aromatic nitrogens is 5. The van der Waals surface area contributed by atoms with E-state index < -0.39 is 6.23 Å². The van der Waals surface area contributed by atoms with Gasteiger partial charge in [0.15, 0.2) is 12.0 Å². The Balaban J connectivity index is 1.31. The van der Waals surface area contributed by atoms with E-state index in [-0.39, 0.29) is 5.41 Å². The summed E-state index contributed by atoms with van der Waals surface area (Å²) in [6.07, 6.45) is 8.12. The number of rotatable bonds is 6. The number of nitrogens with zero attached hydrogens (tertiary/aromatic N) is 5. The summed E-state index contributed by atoms with van der Waals surface area (Å²) in [4.78, 5) is 4.44. The second-order valence-electron chi connectivity index (χ2n) is 9.02. The normalized spacial score (nSPS) is 16.7. The van der Waals surface area contributed by atoms with Crippen LogP contribution in [0.2, 0.25) is 0 Å². The average molecular weight is 431 g/mol. The summed E-state index contributed by atoms with van der Waals surface area (Å²) in [6.45, 7) is 3.10. The topological polar surface area (TPSA) is 93.9 Å². The number of nitrogens with one attached hydrogen (secondary N) is 1. The summed E-state index contributed by atoms with van der Waals surface area (Å²) in [6, 6.07) is 7.87. The lowest BCUT2D eigenvalue weighted by Gasteiger charge is -2.19. The van der Waals surface area contributed by atoms with E-state index >= 15 is 0 Å². The summed E-state index contributed by atoms with van der Waals surface area (Å²) in [7, 11) is 1.88. The molecule has 2 N–H and O–H groups in total. The molecule has 2 aliphatic rings. The monoisotopic (exact) mass is 430 g/mol. The first kappa shape index (κ1) is 19.5. The SMILES string of the molecule is Cc1c(C(O)NCc2ccn(C)n2)oc2c1-c1nn(Cc3ccccn3)cc1C1(CC1)C2. The smallest absolute Gasteiger partial charge is 0.164 e. The molecule has 0 bridgehead atoms. The van der Waals surface area contributed by atoms with Gasteiger partial charge in [-0.15, -0.1) is 0 Å². The van der Waals surface area contributed by atoms with Crippen molar-refractivity contribution in [2.45, 2.75) is 50.9 Å². The predicted molar refractivity (Wildman–Crippen MR) is 118 cm³/mol. The Morgan fingerprint density at radius 3 is 2.81 bits per heavy atom. The lowest BCUT2D eigenvalue weighted by Crippen LogP contribution is -2.21. The predicted octanol–water partition coefficient (Wildman–Crippen LogP) is 3.00. The second kappa shape index (κ2) is 7.15. The van der Waals surface area contributed by atoms with Gasteiger partial charge in [0, 0.05) is 60.7 Å². The summed E-state index contributed by atoms with van der Waals surface area (Å²) >= 11 is 0. The van der Waals surface area contributed by atoms with Crippen LogP contribution >= 0.6 is 0 Å². The molecular weight excluding hydrogens is 404 g/mol. The minimum absolute atomic E-state index is 0.124. The molecule has 1 fully saturated rings. The van der Waals surface area contributed by atoms with Crippen LogP contribution in [0.5, 0.6) is 0 Å². The Morgan fingerprint density at radius 2 is 2.09 bits per heavy atom. The van der Waals surface area contributed by atoms with E-state index in [0.717, 1.165) is 53.2 Å². The third kappa shape index (κ3) is 3.18. The van der Waals surface area contributed by atoms with Gasteiger partial charge in [-0.2, -0.15) is 10.2 Å². The molecule has 0 saturated heterocycles. The first-order valence-corrected chi connectivity index (χ1v) is 11.0. The first-order valence-electron chi connectivity index (χ1n) is 11.0. The van der Waals surface area contributed by atoms with Gasteiger partial charge in [-0.25, -0.2) is 0 Å². The molecule has 6 rings (SSSR count). The molecule has 0 amide bonds. The fourth-order valence-electron chi connectivity index (χ4n) is 4.87. The Morgan fingerprint density at radius 1 is 1.22 bits per heavy atom. The number of furan rings is 1. The van der Waals surface area contributed by atoms with Gasteiger partial charge < -0.3 is 9.52 Å². The van der Waals surface area contributed by atoms with Crippen molar-refractivity contribution in [2.75, 3.05) is 0 Å². The molecule has 4 aromatic heterocycles. The molecule has 0 aliphatic heterocycles. The van der Waals surface area contributed by atoms with Crippen molar-refractivity contribution >= 4 is 0 Å². The summed E-state index contributed by atoms with van der Waals surface area (Å²) in [5, 5.41) is 23.3. The van der Waals surface area contributed by atoms with Crippen LogP contribution in [0.4, 0.5) is 0 Å². The van der Waals surface area contributed by atoms with Crippen molar-refractivity contribution in [3.8, 4) is 11.3 Å². The molecule has 1 atom stereocenters. The van der Waals surface area contributed by atoms with E-state index in [9.17, 15) is 5.11 Å². The summed E-state index contributed by atoms with van der Waals surface area (Å²) in [5.41, 5.74) is 6.24. The van der Waals surface area contributed by atoms with E-state index in [1.807, 2.05) is 55.3 Å². The maximum absolute atomic E-state index is 10.8. The molecule has 4 heterocycles. The highest BCUT2D eigenvalue weighted by molar-refractivity contribution is 5.75. The van der Waals surface area contributed by atoms with Crippen molar-refractivity contribution in [1.82, 2.24) is 29.9 Å². The summed E-state index contributed by atoms with van der Waals surface area (Å²) < 4.78 is 9.99. The van der Waals surface area contributed by atoms with Crippen LogP contribution < -0.4 is 5.32 Å². The number of aliphatic hydroxyl groups excluding tert-OH is 1. The van der Waals surface area contributed by atoms with Crippen LogP contribution in [0.1, 0.15) is 53.1 Å². The maximum Gasteiger partial charge on any atom is 0.164 e. The van der Waals surface area contributed by atoms with Crippen LogP contribution in [-0.2, 0) is 32.0 Å². The molecule has 0 radical (unpaired) electrons. The molecule has 1 saturated carbocycles. The lowest BCUT2D eigenvalue weighted by atomic mass is 9.82. The largest absolute Gasteiger partial charge is 0.461 e. The van der Waals surface area contributed by atoms with Gasteiger partial charge in [-0.1, -0.05) is 6.07 Å². The Bertz CT molecular complexity index is 1280. The van der Waals surface area contributed by atoms with Gasteiger partial charge in [0.25, 0.3) is 0 Å². The zero-order chi connectivity index (χ0) is 21.9. The van der Waals surface area contributed by atoms with E-state index in [1.165, 1.54) is 5.56 Å². The van der Waals surface area contributed by atoms with E-state index in [4.69, 9.17) is 9.52 Å². The average Bonchev–Trinajstić information content (AvgIpc) is 3.08. The molecular formula is C24H26N6O2. The Labute approximate surface area is 185 Å².